The van der Waals surface area contributed by atoms with Crippen LogP contribution in [-0.2, 0) is 29.1 Å². The summed E-state index contributed by atoms with van der Waals surface area (Å²) >= 11 is 5.78. The van der Waals surface area contributed by atoms with E-state index in [9.17, 15) is 9.59 Å². The Morgan fingerprint density at radius 1 is 1.31 bits per heavy atom. The fourth-order valence-corrected chi connectivity index (χ4v) is 4.37. The molecule has 2 aliphatic heterocycles. The normalized spacial score (nSPS) is 20.1. The van der Waals surface area contributed by atoms with Gasteiger partial charge in [-0.25, -0.2) is 4.68 Å². The van der Waals surface area contributed by atoms with Crippen LogP contribution in [0.1, 0.15) is 28.2 Å². The molecule has 1 aromatic carbocycles. The Labute approximate surface area is 211 Å². The Balaban J connectivity index is 1.34. The minimum Gasteiger partial charge on any atom is -0.493 e. The molecule has 2 atom stereocenters. The van der Waals surface area contributed by atoms with Crippen LogP contribution in [0, 0.1) is 0 Å². The summed E-state index contributed by atoms with van der Waals surface area (Å²) in [6.45, 7) is 1.59. The number of carbonyl (C=O) groups excluding carboxylic acids is 2. The minimum atomic E-state index is -0.429. The predicted molar refractivity (Wildman–Crippen MR) is 125 cm³/mol. The van der Waals surface area contributed by atoms with E-state index in [4.69, 9.17) is 30.3 Å². The molecular formula is C23H25ClN6O6. The van der Waals surface area contributed by atoms with Crippen molar-refractivity contribution in [3.05, 3.63) is 52.6 Å². The maximum atomic E-state index is 13.1. The first kappa shape index (κ1) is 24.1. The second-order valence-electron chi connectivity index (χ2n) is 8.53. The SMILES string of the molecule is COc1ccc2cc1OCCn1cc(nn1)CO[C@H]1CN(C(=O)CCc3cc(Cl)no3)C[C@@H]1NC2=O. The average Bonchev–Trinajstić information content (AvgIpc) is 3.61. The van der Waals surface area contributed by atoms with Crippen molar-refractivity contribution in [3.63, 3.8) is 0 Å². The quantitative estimate of drug-likeness (QED) is 0.547. The summed E-state index contributed by atoms with van der Waals surface area (Å²) in [6, 6.07) is 6.15. The number of ether oxygens (including phenoxy) is 3. The van der Waals surface area contributed by atoms with Crippen LogP contribution >= 0.6 is 11.6 Å². The van der Waals surface area contributed by atoms with Crippen LogP contribution in [0.15, 0.2) is 35.0 Å². The van der Waals surface area contributed by atoms with Crippen molar-refractivity contribution in [3.8, 4) is 11.5 Å². The summed E-state index contributed by atoms with van der Waals surface area (Å²) in [7, 11) is 1.54. The van der Waals surface area contributed by atoms with E-state index < -0.39 is 12.1 Å². The third-order valence-corrected chi connectivity index (χ3v) is 6.26. The van der Waals surface area contributed by atoms with Gasteiger partial charge < -0.3 is 29.0 Å². The molecule has 3 aromatic rings. The number of likely N-dealkylation sites (tertiary alicyclic amines) is 1. The molecular weight excluding hydrogens is 492 g/mol. The highest BCUT2D eigenvalue weighted by molar-refractivity contribution is 6.29. The van der Waals surface area contributed by atoms with Crippen molar-refractivity contribution in [2.45, 2.75) is 38.1 Å². The monoisotopic (exact) mass is 516 g/mol. The van der Waals surface area contributed by atoms with E-state index in [2.05, 4.69) is 20.8 Å². The van der Waals surface area contributed by atoms with Crippen LogP contribution in [0.3, 0.4) is 0 Å². The van der Waals surface area contributed by atoms with Gasteiger partial charge in [-0.3, -0.25) is 9.59 Å². The van der Waals surface area contributed by atoms with Crippen molar-refractivity contribution in [2.75, 3.05) is 26.8 Å². The average molecular weight is 517 g/mol. The number of amides is 2. The Bertz CT molecular complexity index is 1250. The second kappa shape index (κ2) is 10.5. The van der Waals surface area contributed by atoms with Gasteiger partial charge in [0.05, 0.1) is 38.6 Å². The number of carbonyl (C=O) groups is 2. The molecule has 13 heteroatoms. The van der Waals surface area contributed by atoms with E-state index in [-0.39, 0.29) is 30.0 Å². The molecule has 190 valence electrons. The molecule has 2 aliphatic rings. The third kappa shape index (κ3) is 5.44. The Morgan fingerprint density at radius 2 is 2.19 bits per heavy atom. The van der Waals surface area contributed by atoms with Crippen molar-refractivity contribution in [1.29, 1.82) is 0 Å². The van der Waals surface area contributed by atoms with Crippen LogP contribution < -0.4 is 14.8 Å². The zero-order valence-electron chi connectivity index (χ0n) is 19.6. The predicted octanol–water partition coefficient (Wildman–Crippen LogP) is 1.48. The number of fused-ring (bicyclic) bond motifs is 5. The van der Waals surface area contributed by atoms with E-state index in [1.165, 1.54) is 7.11 Å². The first-order chi connectivity index (χ1) is 17.5. The molecule has 12 nitrogen and oxygen atoms in total. The number of hydrogen-bond acceptors (Lipinski definition) is 9. The number of aromatic nitrogens is 4. The van der Waals surface area contributed by atoms with Gasteiger partial charge in [0.2, 0.25) is 5.91 Å². The number of nitrogens with zero attached hydrogens (tertiary/aromatic N) is 5. The van der Waals surface area contributed by atoms with E-state index >= 15 is 0 Å². The molecule has 36 heavy (non-hydrogen) atoms. The van der Waals surface area contributed by atoms with Crippen molar-refractivity contribution in [1.82, 2.24) is 30.4 Å². The standard InChI is InChI=1S/C23H25ClN6O6/c1-33-18-4-2-14-8-19(18)34-7-6-30-10-15(26-28-30)13-35-20-12-29(11-17(20)25-23(14)32)22(31)5-3-16-9-21(24)27-36-16/h2,4,8-10,17,20H,3,5-7,11-13H2,1H3,(H,25,32)/t17-,20-/m0/s1. The topological polar surface area (TPSA) is 134 Å². The molecule has 0 unspecified atom stereocenters. The summed E-state index contributed by atoms with van der Waals surface area (Å²) in [6.07, 6.45) is 1.94. The number of aryl methyl sites for hydroxylation is 1. The molecule has 1 saturated heterocycles. The molecule has 5 rings (SSSR count). The molecule has 2 amide bonds. The van der Waals surface area contributed by atoms with Crippen LogP contribution in [0.25, 0.3) is 0 Å². The minimum absolute atomic E-state index is 0.0895. The fraction of sp³-hybridized carbons (Fsp3) is 0.435. The second-order valence-corrected chi connectivity index (χ2v) is 8.92. The Morgan fingerprint density at radius 3 is 3.00 bits per heavy atom. The lowest BCUT2D eigenvalue weighted by atomic mass is 10.1. The van der Waals surface area contributed by atoms with Gasteiger partial charge in [-0.2, -0.15) is 0 Å². The van der Waals surface area contributed by atoms with Crippen molar-refractivity contribution < 1.29 is 28.3 Å². The number of rotatable bonds is 4. The molecule has 2 aromatic heterocycles. The highest BCUT2D eigenvalue weighted by atomic mass is 35.5. The third-order valence-electron chi connectivity index (χ3n) is 6.09. The fourth-order valence-electron chi connectivity index (χ4n) is 4.22. The number of nitrogens with one attached hydrogen (secondary N) is 1. The number of halogens is 1. The van der Waals surface area contributed by atoms with Gasteiger partial charge in [0, 0.05) is 37.6 Å². The van der Waals surface area contributed by atoms with E-state index in [1.807, 2.05) is 0 Å². The molecule has 0 radical (unpaired) electrons. The molecule has 4 heterocycles. The molecule has 0 spiro atoms. The van der Waals surface area contributed by atoms with Gasteiger partial charge >= 0.3 is 0 Å². The summed E-state index contributed by atoms with van der Waals surface area (Å²) < 4.78 is 24.1. The Hall–Kier alpha value is -3.64. The summed E-state index contributed by atoms with van der Waals surface area (Å²) in [4.78, 5) is 27.7. The lowest BCUT2D eigenvalue weighted by Crippen LogP contribution is -2.44. The first-order valence-electron chi connectivity index (χ1n) is 11.5. The highest BCUT2D eigenvalue weighted by Crippen LogP contribution is 2.28. The van der Waals surface area contributed by atoms with Gasteiger partial charge in [0.15, 0.2) is 16.7 Å². The van der Waals surface area contributed by atoms with Crippen LogP contribution in [0.5, 0.6) is 11.5 Å². The van der Waals surface area contributed by atoms with Gasteiger partial charge in [-0.15, -0.1) is 5.10 Å². The van der Waals surface area contributed by atoms with Gasteiger partial charge in [-0.05, 0) is 18.2 Å². The zero-order chi connectivity index (χ0) is 25.1. The van der Waals surface area contributed by atoms with Gasteiger partial charge in [-0.1, -0.05) is 22.0 Å². The van der Waals surface area contributed by atoms with E-state index in [0.29, 0.717) is 61.2 Å². The maximum Gasteiger partial charge on any atom is 0.251 e. The lowest BCUT2D eigenvalue weighted by Gasteiger charge is -2.20. The van der Waals surface area contributed by atoms with Crippen molar-refractivity contribution in [2.24, 2.45) is 0 Å². The largest absolute Gasteiger partial charge is 0.493 e. The number of benzene rings is 1. The summed E-state index contributed by atoms with van der Waals surface area (Å²) in [5.41, 5.74) is 1.05. The van der Waals surface area contributed by atoms with Crippen molar-refractivity contribution >= 4 is 23.4 Å². The molecule has 1 fully saturated rings. The van der Waals surface area contributed by atoms with Crippen LogP contribution in [-0.4, -0.2) is 75.8 Å². The number of methoxy groups -OCH3 is 1. The summed E-state index contributed by atoms with van der Waals surface area (Å²) in [5, 5.41) is 15.2. The molecule has 1 N–H and O–H groups in total. The maximum absolute atomic E-state index is 13.1. The summed E-state index contributed by atoms with van der Waals surface area (Å²) in [5.74, 6) is 1.11. The van der Waals surface area contributed by atoms with Crippen LogP contribution in [0.4, 0.5) is 0 Å². The smallest absolute Gasteiger partial charge is 0.251 e. The van der Waals surface area contributed by atoms with E-state index in [1.54, 1.807) is 40.0 Å². The molecule has 0 aliphatic carbocycles. The van der Waals surface area contributed by atoms with Gasteiger partial charge in [0.1, 0.15) is 18.1 Å². The van der Waals surface area contributed by atoms with Crippen LogP contribution in [0.2, 0.25) is 5.15 Å². The Kier molecular flexibility index (Phi) is 7.05. The molecule has 4 bridgehead atoms. The van der Waals surface area contributed by atoms with Gasteiger partial charge in [0.25, 0.3) is 5.91 Å². The zero-order valence-corrected chi connectivity index (χ0v) is 20.3. The molecule has 0 saturated carbocycles. The number of hydrogen-bond donors (Lipinski definition) is 1. The van der Waals surface area contributed by atoms with E-state index in [0.717, 1.165) is 0 Å². The highest BCUT2D eigenvalue weighted by Gasteiger charge is 2.37. The first-order valence-corrected chi connectivity index (χ1v) is 11.9. The lowest BCUT2D eigenvalue weighted by molar-refractivity contribution is -0.130.